The molecular formula is C18H22N2O4S. The number of carbonyl (C=O) groups excluding carboxylic acids is 3. The maximum Gasteiger partial charge on any atom is 0.330 e. The predicted octanol–water partition coefficient (Wildman–Crippen LogP) is 2.24. The van der Waals surface area contributed by atoms with Gasteiger partial charge in [0.15, 0.2) is 6.61 Å². The average molecular weight is 362 g/mol. The highest BCUT2D eigenvalue weighted by Gasteiger charge is 2.53. The summed E-state index contributed by atoms with van der Waals surface area (Å²) in [5, 5.41) is 2.74. The summed E-state index contributed by atoms with van der Waals surface area (Å²) in [5.41, 5.74) is 2.76. The standard InChI is InChI=1S/C18H22N2O4S/c1-11-4-5-13(12(2)8-11)19-15(21)9-24-17(23)14-10-25-18(3)7-6-16(22)20(14)18/h4-5,8,14H,6-7,9-10H2,1-3H3,(H,19,21)/t14-,18+/m0/s1. The number of ether oxygens (including phenoxy) is 1. The van der Waals surface area contributed by atoms with Gasteiger partial charge in [-0.05, 0) is 38.8 Å². The van der Waals surface area contributed by atoms with Crippen molar-refractivity contribution in [3.63, 3.8) is 0 Å². The summed E-state index contributed by atoms with van der Waals surface area (Å²) in [6.45, 7) is 5.51. The number of fused-ring (bicyclic) bond motifs is 1. The van der Waals surface area contributed by atoms with Gasteiger partial charge in [-0.1, -0.05) is 17.7 Å². The van der Waals surface area contributed by atoms with E-state index >= 15 is 0 Å². The van der Waals surface area contributed by atoms with Crippen molar-refractivity contribution in [1.82, 2.24) is 4.90 Å². The highest BCUT2D eigenvalue weighted by atomic mass is 32.2. The zero-order chi connectivity index (χ0) is 18.2. The number of aryl methyl sites for hydroxylation is 2. The Morgan fingerprint density at radius 2 is 2.16 bits per heavy atom. The molecule has 3 rings (SSSR count). The Balaban J connectivity index is 1.55. The minimum atomic E-state index is -0.598. The van der Waals surface area contributed by atoms with E-state index in [1.807, 2.05) is 39.0 Å². The largest absolute Gasteiger partial charge is 0.454 e. The lowest BCUT2D eigenvalue weighted by Crippen LogP contribution is -2.47. The molecule has 2 atom stereocenters. The summed E-state index contributed by atoms with van der Waals surface area (Å²) < 4.78 is 5.17. The number of nitrogens with zero attached hydrogens (tertiary/aromatic N) is 1. The highest BCUT2D eigenvalue weighted by molar-refractivity contribution is 8.01. The van der Waals surface area contributed by atoms with Crippen LogP contribution in [-0.4, -0.2) is 46.0 Å². The Morgan fingerprint density at radius 3 is 2.88 bits per heavy atom. The van der Waals surface area contributed by atoms with E-state index in [-0.39, 0.29) is 23.3 Å². The zero-order valence-electron chi connectivity index (χ0n) is 14.6. The van der Waals surface area contributed by atoms with Gasteiger partial charge in [-0.25, -0.2) is 4.79 Å². The summed E-state index contributed by atoms with van der Waals surface area (Å²) in [5.74, 6) is -0.405. The van der Waals surface area contributed by atoms with Gasteiger partial charge in [-0.2, -0.15) is 0 Å². The zero-order valence-corrected chi connectivity index (χ0v) is 15.4. The molecule has 0 unspecified atom stereocenters. The molecule has 0 bridgehead atoms. The molecule has 1 aromatic rings. The first-order valence-electron chi connectivity index (χ1n) is 8.30. The summed E-state index contributed by atoms with van der Waals surface area (Å²) >= 11 is 1.60. The van der Waals surface area contributed by atoms with Gasteiger partial charge >= 0.3 is 5.97 Å². The monoisotopic (exact) mass is 362 g/mol. The van der Waals surface area contributed by atoms with Gasteiger partial charge in [0.25, 0.3) is 5.91 Å². The van der Waals surface area contributed by atoms with Crippen LogP contribution in [0, 0.1) is 13.8 Å². The first-order chi connectivity index (χ1) is 11.8. The third-order valence-corrected chi connectivity index (χ3v) is 6.22. The first kappa shape index (κ1) is 17.8. The molecule has 0 spiro atoms. The summed E-state index contributed by atoms with van der Waals surface area (Å²) in [6, 6.07) is 5.10. The second-order valence-electron chi connectivity index (χ2n) is 6.74. The topological polar surface area (TPSA) is 75.7 Å². The van der Waals surface area contributed by atoms with Crippen LogP contribution in [0.4, 0.5) is 5.69 Å². The van der Waals surface area contributed by atoms with Gasteiger partial charge in [0.05, 0.1) is 4.87 Å². The van der Waals surface area contributed by atoms with Crippen molar-refractivity contribution in [3.8, 4) is 0 Å². The molecule has 2 aliphatic rings. The number of benzene rings is 1. The highest BCUT2D eigenvalue weighted by Crippen LogP contribution is 2.47. The van der Waals surface area contributed by atoms with E-state index in [2.05, 4.69) is 5.32 Å². The van der Waals surface area contributed by atoms with Crippen LogP contribution in [0.1, 0.15) is 30.9 Å². The number of nitrogens with one attached hydrogen (secondary N) is 1. The number of hydrogen-bond donors (Lipinski definition) is 1. The molecule has 0 aliphatic carbocycles. The van der Waals surface area contributed by atoms with Gasteiger partial charge in [0.2, 0.25) is 5.91 Å². The van der Waals surface area contributed by atoms with E-state index in [4.69, 9.17) is 4.74 Å². The van der Waals surface area contributed by atoms with Crippen LogP contribution < -0.4 is 5.32 Å². The summed E-state index contributed by atoms with van der Waals surface area (Å²) in [4.78, 5) is 37.7. The number of amides is 2. The molecule has 2 amide bonds. The second kappa shape index (κ2) is 6.71. The number of rotatable bonds is 4. The van der Waals surface area contributed by atoms with E-state index in [1.54, 1.807) is 16.7 Å². The molecule has 1 N–H and O–H groups in total. The number of carbonyl (C=O) groups is 3. The van der Waals surface area contributed by atoms with Crippen LogP contribution >= 0.6 is 11.8 Å². The van der Waals surface area contributed by atoms with Crippen LogP contribution in [0.5, 0.6) is 0 Å². The Hall–Kier alpha value is -2.02. The van der Waals surface area contributed by atoms with E-state index in [9.17, 15) is 14.4 Å². The molecule has 6 nitrogen and oxygen atoms in total. The molecule has 2 saturated heterocycles. The number of esters is 1. The van der Waals surface area contributed by atoms with Crippen molar-refractivity contribution in [3.05, 3.63) is 29.3 Å². The molecule has 2 heterocycles. The van der Waals surface area contributed by atoms with Crippen LogP contribution in [0.2, 0.25) is 0 Å². The number of hydrogen-bond acceptors (Lipinski definition) is 5. The molecule has 1 aromatic carbocycles. The van der Waals surface area contributed by atoms with E-state index < -0.39 is 12.0 Å². The fourth-order valence-electron chi connectivity index (χ4n) is 3.37. The Kier molecular flexibility index (Phi) is 4.77. The maximum absolute atomic E-state index is 12.3. The van der Waals surface area contributed by atoms with Crippen molar-refractivity contribution >= 4 is 35.2 Å². The number of anilines is 1. The Labute approximate surface area is 151 Å². The predicted molar refractivity (Wildman–Crippen MR) is 96.2 cm³/mol. The van der Waals surface area contributed by atoms with Gasteiger partial charge in [-0.3, -0.25) is 9.59 Å². The average Bonchev–Trinajstić information content (AvgIpc) is 3.04. The molecule has 0 aromatic heterocycles. The van der Waals surface area contributed by atoms with Gasteiger partial charge in [0, 0.05) is 17.9 Å². The first-order valence-corrected chi connectivity index (χ1v) is 9.28. The SMILES string of the molecule is Cc1ccc(NC(=O)COC(=O)[C@@H]2CS[C@]3(C)CCC(=O)N23)c(C)c1. The molecule has 7 heteroatoms. The minimum absolute atomic E-state index is 0.0193. The lowest BCUT2D eigenvalue weighted by molar-refractivity contribution is -0.155. The lowest BCUT2D eigenvalue weighted by Gasteiger charge is -2.29. The van der Waals surface area contributed by atoms with Crippen molar-refractivity contribution < 1.29 is 19.1 Å². The quantitative estimate of drug-likeness (QED) is 0.832. The molecule has 134 valence electrons. The third kappa shape index (κ3) is 3.51. The second-order valence-corrected chi connectivity index (χ2v) is 8.24. The lowest BCUT2D eigenvalue weighted by atomic mass is 10.1. The molecular weight excluding hydrogens is 340 g/mol. The van der Waals surface area contributed by atoms with Crippen molar-refractivity contribution in [2.24, 2.45) is 0 Å². The van der Waals surface area contributed by atoms with Crippen molar-refractivity contribution in [2.75, 3.05) is 17.7 Å². The normalized spacial score (nSPS) is 25.0. The molecule has 25 heavy (non-hydrogen) atoms. The van der Waals surface area contributed by atoms with Gasteiger partial charge < -0.3 is 15.0 Å². The fourth-order valence-corrected chi connectivity index (χ4v) is 4.78. The number of thioether (sulfide) groups is 1. The van der Waals surface area contributed by atoms with Crippen LogP contribution in [-0.2, 0) is 19.1 Å². The fraction of sp³-hybridized carbons (Fsp3) is 0.500. The molecule has 0 radical (unpaired) electrons. The third-order valence-electron chi connectivity index (χ3n) is 4.72. The smallest absolute Gasteiger partial charge is 0.330 e. The van der Waals surface area contributed by atoms with E-state index in [0.717, 1.165) is 17.5 Å². The van der Waals surface area contributed by atoms with E-state index in [0.29, 0.717) is 17.9 Å². The van der Waals surface area contributed by atoms with Gasteiger partial charge in [0.1, 0.15) is 6.04 Å². The van der Waals surface area contributed by atoms with Crippen molar-refractivity contribution in [1.29, 1.82) is 0 Å². The maximum atomic E-state index is 12.3. The van der Waals surface area contributed by atoms with Crippen molar-refractivity contribution in [2.45, 2.75) is 44.5 Å². The molecule has 2 fully saturated rings. The minimum Gasteiger partial charge on any atom is -0.454 e. The Morgan fingerprint density at radius 1 is 1.40 bits per heavy atom. The summed E-state index contributed by atoms with van der Waals surface area (Å²) in [7, 11) is 0. The Bertz CT molecular complexity index is 736. The van der Waals surface area contributed by atoms with Crippen LogP contribution in [0.25, 0.3) is 0 Å². The van der Waals surface area contributed by atoms with Crippen LogP contribution in [0.15, 0.2) is 18.2 Å². The molecule has 0 saturated carbocycles. The molecule has 2 aliphatic heterocycles. The van der Waals surface area contributed by atoms with Gasteiger partial charge in [-0.15, -0.1) is 11.8 Å². The summed E-state index contributed by atoms with van der Waals surface area (Å²) in [6.07, 6.45) is 1.20. The van der Waals surface area contributed by atoms with E-state index in [1.165, 1.54) is 0 Å². The van der Waals surface area contributed by atoms with Crippen LogP contribution in [0.3, 0.4) is 0 Å².